The summed E-state index contributed by atoms with van der Waals surface area (Å²) in [6.07, 6.45) is 9.12. The number of aryl methyl sites for hydroxylation is 1. The highest BCUT2D eigenvalue weighted by molar-refractivity contribution is 5.63. The smallest absolute Gasteiger partial charge is 0.261 e. The molecule has 0 atom stereocenters. The van der Waals surface area contributed by atoms with E-state index in [4.69, 9.17) is 10.3 Å². The van der Waals surface area contributed by atoms with Gasteiger partial charge < -0.3 is 10.3 Å². The van der Waals surface area contributed by atoms with Crippen LogP contribution in [0.5, 0.6) is 0 Å². The zero-order chi connectivity index (χ0) is 20.0. The zero-order valence-electron chi connectivity index (χ0n) is 15.7. The summed E-state index contributed by atoms with van der Waals surface area (Å²) in [6.45, 7) is 0. The summed E-state index contributed by atoms with van der Waals surface area (Å²) in [6, 6.07) is 5.14. The summed E-state index contributed by atoms with van der Waals surface area (Å²) in [5.74, 6) is 0.757. The molecule has 3 heterocycles. The largest absolute Gasteiger partial charge is 0.368 e. The summed E-state index contributed by atoms with van der Waals surface area (Å²) < 4.78 is 22.3. The number of nitrogen functional groups attached to an aromatic ring is 1. The Morgan fingerprint density at radius 2 is 1.90 bits per heavy atom. The van der Waals surface area contributed by atoms with Crippen LogP contribution in [-0.4, -0.2) is 29.9 Å². The van der Waals surface area contributed by atoms with Gasteiger partial charge in [0.15, 0.2) is 5.82 Å². The Bertz CT molecular complexity index is 1180. The van der Waals surface area contributed by atoms with E-state index < -0.39 is 5.41 Å². The van der Waals surface area contributed by atoms with Gasteiger partial charge in [-0.05, 0) is 24.5 Å². The maximum atomic E-state index is 15.2. The van der Waals surface area contributed by atoms with Crippen molar-refractivity contribution in [3.05, 3.63) is 60.2 Å². The lowest BCUT2D eigenvalue weighted by Crippen LogP contribution is -2.37. The van der Waals surface area contributed by atoms with Crippen molar-refractivity contribution < 1.29 is 8.91 Å². The van der Waals surface area contributed by atoms with Gasteiger partial charge in [-0.3, -0.25) is 4.68 Å². The fraction of sp³-hybridized carbons (Fsp3) is 0.250. The molecule has 1 fully saturated rings. The molecule has 0 aliphatic heterocycles. The Kier molecular flexibility index (Phi) is 3.90. The molecule has 146 valence electrons. The maximum absolute atomic E-state index is 15.2. The van der Waals surface area contributed by atoms with Crippen molar-refractivity contribution in [3.63, 3.8) is 0 Å². The standard InChI is InChI=1S/C20H18FN7O/c1-28-11-14(10-25-28)17-26-18(27-29-17)20(5-2-6-20)15-4-3-12(7-16(15)21)13-8-23-19(22)24-9-13/h3-4,7-11H,2,5-6H2,1H3,(H2,22,23,24). The van der Waals surface area contributed by atoms with Crippen LogP contribution in [0.1, 0.15) is 30.7 Å². The van der Waals surface area contributed by atoms with Crippen molar-refractivity contribution >= 4 is 5.95 Å². The molecule has 1 saturated carbocycles. The van der Waals surface area contributed by atoms with Gasteiger partial charge in [-0.1, -0.05) is 23.7 Å². The molecule has 0 unspecified atom stereocenters. The minimum atomic E-state index is -0.579. The van der Waals surface area contributed by atoms with Crippen LogP contribution in [0.3, 0.4) is 0 Å². The van der Waals surface area contributed by atoms with Crippen LogP contribution in [-0.2, 0) is 12.5 Å². The van der Waals surface area contributed by atoms with E-state index in [-0.39, 0.29) is 11.8 Å². The van der Waals surface area contributed by atoms with Gasteiger partial charge >= 0.3 is 0 Å². The highest BCUT2D eigenvalue weighted by Gasteiger charge is 2.46. The summed E-state index contributed by atoms with van der Waals surface area (Å²) in [5.41, 5.74) is 7.64. The van der Waals surface area contributed by atoms with Gasteiger partial charge in [0.25, 0.3) is 5.89 Å². The number of benzene rings is 1. The van der Waals surface area contributed by atoms with Crippen molar-refractivity contribution in [2.45, 2.75) is 24.7 Å². The highest BCUT2D eigenvalue weighted by Crippen LogP contribution is 2.49. The summed E-state index contributed by atoms with van der Waals surface area (Å²) in [7, 11) is 1.82. The van der Waals surface area contributed by atoms with Crippen LogP contribution in [0.2, 0.25) is 0 Å². The van der Waals surface area contributed by atoms with E-state index >= 15 is 4.39 Å². The molecule has 0 spiro atoms. The van der Waals surface area contributed by atoms with Crippen molar-refractivity contribution in [1.29, 1.82) is 0 Å². The molecule has 0 saturated heterocycles. The van der Waals surface area contributed by atoms with Gasteiger partial charge in [0, 0.05) is 36.8 Å². The number of aromatic nitrogens is 6. The third kappa shape index (κ3) is 2.86. The second-order valence-electron chi connectivity index (χ2n) is 7.29. The number of rotatable bonds is 4. The molecule has 1 aromatic carbocycles. The molecule has 9 heteroatoms. The molecule has 3 aromatic heterocycles. The quantitative estimate of drug-likeness (QED) is 0.569. The van der Waals surface area contributed by atoms with Gasteiger partial charge in [0.05, 0.1) is 17.2 Å². The highest BCUT2D eigenvalue weighted by atomic mass is 19.1. The Hall–Kier alpha value is -3.62. The molecule has 29 heavy (non-hydrogen) atoms. The molecule has 0 bridgehead atoms. The van der Waals surface area contributed by atoms with E-state index in [1.165, 1.54) is 6.07 Å². The molecule has 5 rings (SSSR count). The fourth-order valence-corrected chi connectivity index (χ4v) is 3.78. The number of hydrogen-bond donors (Lipinski definition) is 1. The van der Waals surface area contributed by atoms with E-state index in [1.54, 1.807) is 35.5 Å². The van der Waals surface area contributed by atoms with Gasteiger partial charge in [0.2, 0.25) is 5.95 Å². The van der Waals surface area contributed by atoms with Crippen molar-refractivity contribution in [2.75, 3.05) is 5.73 Å². The summed E-state index contributed by atoms with van der Waals surface area (Å²) >= 11 is 0. The third-order valence-corrected chi connectivity index (χ3v) is 5.50. The van der Waals surface area contributed by atoms with Crippen molar-refractivity contribution in [1.82, 2.24) is 29.9 Å². The average Bonchev–Trinajstić information content (AvgIpc) is 3.32. The Morgan fingerprint density at radius 1 is 1.10 bits per heavy atom. The predicted octanol–water partition coefficient (Wildman–Crippen LogP) is 3.12. The number of anilines is 1. The molecular formula is C20H18FN7O. The van der Waals surface area contributed by atoms with Gasteiger partial charge in [-0.25, -0.2) is 14.4 Å². The van der Waals surface area contributed by atoms with E-state index in [0.717, 1.165) is 24.8 Å². The fourth-order valence-electron chi connectivity index (χ4n) is 3.78. The topological polar surface area (TPSA) is 109 Å². The van der Waals surface area contributed by atoms with E-state index in [0.29, 0.717) is 28.4 Å². The molecule has 0 radical (unpaired) electrons. The van der Waals surface area contributed by atoms with Crippen LogP contribution in [0.4, 0.5) is 10.3 Å². The van der Waals surface area contributed by atoms with E-state index in [9.17, 15) is 0 Å². The van der Waals surface area contributed by atoms with Crippen molar-refractivity contribution in [2.24, 2.45) is 7.05 Å². The normalized spacial score (nSPS) is 15.2. The van der Waals surface area contributed by atoms with E-state index in [1.807, 2.05) is 13.1 Å². The lowest BCUT2D eigenvalue weighted by Gasteiger charge is -2.39. The average molecular weight is 391 g/mol. The first kappa shape index (κ1) is 17.5. The second kappa shape index (κ2) is 6.47. The molecular weight excluding hydrogens is 373 g/mol. The Balaban J connectivity index is 1.51. The molecule has 1 aliphatic rings. The second-order valence-corrected chi connectivity index (χ2v) is 7.29. The van der Waals surface area contributed by atoms with Crippen LogP contribution in [0, 0.1) is 5.82 Å². The summed E-state index contributed by atoms with van der Waals surface area (Å²) in [5, 5.41) is 8.31. The SMILES string of the molecule is Cn1cc(-c2nc(C3(c4ccc(-c5cnc(N)nc5)cc4F)CCC3)no2)cn1. The lowest BCUT2D eigenvalue weighted by atomic mass is 9.63. The van der Waals surface area contributed by atoms with Crippen LogP contribution in [0.25, 0.3) is 22.6 Å². The molecule has 8 nitrogen and oxygen atoms in total. The number of nitrogens with zero attached hydrogens (tertiary/aromatic N) is 6. The van der Waals surface area contributed by atoms with Gasteiger partial charge in [0.1, 0.15) is 5.82 Å². The van der Waals surface area contributed by atoms with Crippen LogP contribution >= 0.6 is 0 Å². The predicted molar refractivity (Wildman–Crippen MR) is 103 cm³/mol. The van der Waals surface area contributed by atoms with E-state index in [2.05, 4.69) is 25.2 Å². The number of nitrogens with two attached hydrogens (primary N) is 1. The van der Waals surface area contributed by atoms with Crippen molar-refractivity contribution in [3.8, 4) is 22.6 Å². The van der Waals surface area contributed by atoms with Gasteiger partial charge in [-0.2, -0.15) is 10.1 Å². The van der Waals surface area contributed by atoms with Crippen LogP contribution < -0.4 is 5.73 Å². The zero-order valence-corrected chi connectivity index (χ0v) is 15.7. The monoisotopic (exact) mass is 391 g/mol. The first-order chi connectivity index (χ1) is 14.0. The molecule has 4 aromatic rings. The number of halogens is 1. The maximum Gasteiger partial charge on any atom is 0.261 e. The Morgan fingerprint density at radius 3 is 2.52 bits per heavy atom. The third-order valence-electron chi connectivity index (χ3n) is 5.50. The first-order valence-corrected chi connectivity index (χ1v) is 9.26. The minimum absolute atomic E-state index is 0.181. The van der Waals surface area contributed by atoms with Gasteiger partial charge in [-0.15, -0.1) is 0 Å². The minimum Gasteiger partial charge on any atom is -0.368 e. The molecule has 1 aliphatic carbocycles. The van der Waals surface area contributed by atoms with Crippen LogP contribution in [0.15, 0.2) is 47.5 Å². The lowest BCUT2D eigenvalue weighted by molar-refractivity contribution is 0.265. The summed E-state index contributed by atoms with van der Waals surface area (Å²) in [4.78, 5) is 12.5. The molecule has 0 amide bonds. The molecule has 2 N–H and O–H groups in total. The Labute approximate surface area is 165 Å². The first-order valence-electron chi connectivity index (χ1n) is 9.26. The number of hydrogen-bond acceptors (Lipinski definition) is 7.